The van der Waals surface area contributed by atoms with Crippen LogP contribution in [0.25, 0.3) is 22.1 Å². The summed E-state index contributed by atoms with van der Waals surface area (Å²) in [6.07, 6.45) is 6.44. The van der Waals surface area contributed by atoms with Crippen molar-refractivity contribution in [2.24, 2.45) is 0 Å². The van der Waals surface area contributed by atoms with E-state index in [1.165, 1.54) is 17.7 Å². The van der Waals surface area contributed by atoms with Gasteiger partial charge in [-0.25, -0.2) is 14.0 Å². The molecule has 0 saturated carbocycles. The molecule has 0 aliphatic carbocycles. The quantitative estimate of drug-likeness (QED) is 0.600. The average molecular weight is 353 g/mol. The van der Waals surface area contributed by atoms with Crippen LogP contribution >= 0.6 is 11.3 Å². The molecule has 0 spiro atoms. The van der Waals surface area contributed by atoms with Crippen LogP contribution in [-0.4, -0.2) is 42.3 Å². The van der Waals surface area contributed by atoms with Gasteiger partial charge in [-0.3, -0.25) is 0 Å². The van der Waals surface area contributed by atoms with Crippen molar-refractivity contribution in [3.63, 3.8) is 0 Å². The van der Waals surface area contributed by atoms with E-state index >= 15 is 0 Å². The summed E-state index contributed by atoms with van der Waals surface area (Å²) in [5.74, 6) is 1.29. The summed E-state index contributed by atoms with van der Waals surface area (Å²) in [6, 6.07) is 2.01. The van der Waals surface area contributed by atoms with Gasteiger partial charge in [0.2, 0.25) is 10.8 Å². The van der Waals surface area contributed by atoms with Gasteiger partial charge >= 0.3 is 0 Å². The van der Waals surface area contributed by atoms with Crippen molar-refractivity contribution in [1.82, 2.24) is 34.5 Å². The fourth-order valence-electron chi connectivity index (χ4n) is 3.47. The Morgan fingerprint density at radius 3 is 2.72 bits per heavy atom. The maximum absolute atomic E-state index is 4.71. The topological polar surface area (TPSA) is 72.4 Å². The fourth-order valence-corrected chi connectivity index (χ4v) is 4.56. The molecule has 0 amide bonds. The summed E-state index contributed by atoms with van der Waals surface area (Å²) in [7, 11) is 0. The SMILES string of the molecule is Cc1cn2nc(-c3nc4sc(C5CCNCC5)cn4n3)cc(C)c2n1. The third kappa shape index (κ3) is 2.52. The van der Waals surface area contributed by atoms with Crippen LogP contribution in [0.1, 0.15) is 34.9 Å². The molecule has 25 heavy (non-hydrogen) atoms. The Labute approximate surface area is 148 Å². The second-order valence-electron chi connectivity index (χ2n) is 6.68. The molecule has 5 heterocycles. The van der Waals surface area contributed by atoms with E-state index in [1.807, 2.05) is 35.1 Å². The van der Waals surface area contributed by atoms with Crippen LogP contribution < -0.4 is 5.32 Å². The highest BCUT2D eigenvalue weighted by Crippen LogP contribution is 2.31. The second kappa shape index (κ2) is 5.60. The summed E-state index contributed by atoms with van der Waals surface area (Å²) in [6.45, 7) is 6.20. The molecule has 7 nitrogen and oxygen atoms in total. The molecule has 1 saturated heterocycles. The van der Waals surface area contributed by atoms with Crippen molar-refractivity contribution in [2.75, 3.05) is 13.1 Å². The van der Waals surface area contributed by atoms with Crippen LogP contribution in [0.2, 0.25) is 0 Å². The van der Waals surface area contributed by atoms with E-state index in [2.05, 4.69) is 26.7 Å². The largest absolute Gasteiger partial charge is 0.317 e. The Morgan fingerprint density at radius 1 is 1.08 bits per heavy atom. The Hall–Kier alpha value is -2.32. The lowest BCUT2D eigenvalue weighted by Crippen LogP contribution is -2.26. The summed E-state index contributed by atoms with van der Waals surface area (Å²) in [5, 5.41) is 12.7. The minimum Gasteiger partial charge on any atom is -0.317 e. The van der Waals surface area contributed by atoms with Crippen LogP contribution in [0.4, 0.5) is 0 Å². The predicted molar refractivity (Wildman–Crippen MR) is 97.2 cm³/mol. The number of fused-ring (bicyclic) bond motifs is 2. The van der Waals surface area contributed by atoms with E-state index < -0.39 is 0 Å². The van der Waals surface area contributed by atoms with E-state index in [1.54, 1.807) is 11.3 Å². The van der Waals surface area contributed by atoms with Crippen molar-refractivity contribution in [3.05, 3.63) is 34.6 Å². The first-order valence-electron chi connectivity index (χ1n) is 8.58. The standard InChI is InChI=1S/C17H19N7S/c1-10-7-13(21-23-8-11(2)19-16(10)23)15-20-17-24(22-15)9-14(25-17)12-3-5-18-6-4-12/h7-9,12,18H,3-6H2,1-2H3. The lowest BCUT2D eigenvalue weighted by Gasteiger charge is -2.20. The molecule has 0 bridgehead atoms. The van der Waals surface area contributed by atoms with Gasteiger partial charge in [0.05, 0.1) is 11.9 Å². The zero-order chi connectivity index (χ0) is 17.0. The van der Waals surface area contributed by atoms with Crippen LogP contribution in [0.5, 0.6) is 0 Å². The molecule has 0 radical (unpaired) electrons. The first kappa shape index (κ1) is 15.0. The van der Waals surface area contributed by atoms with Gasteiger partial charge in [-0.05, 0) is 57.3 Å². The lowest BCUT2D eigenvalue weighted by atomic mass is 9.97. The summed E-state index contributed by atoms with van der Waals surface area (Å²) in [5.41, 5.74) is 3.70. The van der Waals surface area contributed by atoms with Gasteiger partial charge in [0.25, 0.3) is 0 Å². The van der Waals surface area contributed by atoms with Crippen molar-refractivity contribution in [2.45, 2.75) is 32.6 Å². The van der Waals surface area contributed by atoms with Crippen LogP contribution in [0, 0.1) is 13.8 Å². The van der Waals surface area contributed by atoms with E-state index in [0.717, 1.165) is 40.6 Å². The molecule has 4 aromatic heterocycles. The van der Waals surface area contributed by atoms with E-state index in [9.17, 15) is 0 Å². The van der Waals surface area contributed by atoms with Crippen LogP contribution in [0.3, 0.4) is 0 Å². The van der Waals surface area contributed by atoms with Crippen LogP contribution in [-0.2, 0) is 0 Å². The van der Waals surface area contributed by atoms with Gasteiger partial charge in [-0.2, -0.15) is 10.1 Å². The first-order valence-corrected chi connectivity index (χ1v) is 9.40. The number of thiazole rings is 1. The fraction of sp³-hybridized carbons (Fsp3) is 0.412. The van der Waals surface area contributed by atoms with Crippen molar-refractivity contribution in [3.8, 4) is 11.5 Å². The number of piperidine rings is 1. The zero-order valence-electron chi connectivity index (χ0n) is 14.2. The number of hydrogen-bond donors (Lipinski definition) is 1. The van der Waals surface area contributed by atoms with Crippen LogP contribution in [0.15, 0.2) is 18.5 Å². The second-order valence-corrected chi connectivity index (χ2v) is 7.72. The molecule has 4 aromatic rings. The Balaban J connectivity index is 1.53. The molecule has 1 aliphatic heterocycles. The molecule has 1 N–H and O–H groups in total. The molecule has 8 heteroatoms. The third-order valence-corrected chi connectivity index (χ3v) is 5.89. The Bertz CT molecular complexity index is 1040. The minimum atomic E-state index is 0.629. The smallest absolute Gasteiger partial charge is 0.212 e. The van der Waals surface area contributed by atoms with Gasteiger partial charge in [0.1, 0.15) is 5.69 Å². The van der Waals surface area contributed by atoms with E-state index in [4.69, 9.17) is 4.98 Å². The molecule has 0 aromatic carbocycles. The van der Waals surface area contributed by atoms with Crippen molar-refractivity contribution in [1.29, 1.82) is 0 Å². The molecule has 5 rings (SSSR count). The monoisotopic (exact) mass is 353 g/mol. The summed E-state index contributed by atoms with van der Waals surface area (Å²) in [4.78, 5) is 11.5. The van der Waals surface area contributed by atoms with Crippen molar-refractivity contribution < 1.29 is 0 Å². The van der Waals surface area contributed by atoms with Crippen molar-refractivity contribution >= 4 is 21.9 Å². The van der Waals surface area contributed by atoms with Gasteiger partial charge in [0, 0.05) is 11.1 Å². The number of nitrogens with one attached hydrogen (secondary N) is 1. The number of rotatable bonds is 2. The third-order valence-electron chi connectivity index (χ3n) is 4.76. The number of hydrogen-bond acceptors (Lipinski definition) is 6. The highest BCUT2D eigenvalue weighted by Gasteiger charge is 2.20. The first-order chi connectivity index (χ1) is 12.2. The summed E-state index contributed by atoms with van der Waals surface area (Å²) < 4.78 is 3.72. The highest BCUT2D eigenvalue weighted by molar-refractivity contribution is 7.17. The van der Waals surface area contributed by atoms with Gasteiger partial charge in [-0.15, -0.1) is 5.10 Å². The summed E-state index contributed by atoms with van der Waals surface area (Å²) >= 11 is 1.75. The van der Waals surface area contributed by atoms with Gasteiger partial charge in [-0.1, -0.05) is 11.3 Å². The number of imidazole rings is 1. The maximum Gasteiger partial charge on any atom is 0.212 e. The average Bonchev–Trinajstić information content (AvgIpc) is 3.27. The van der Waals surface area contributed by atoms with E-state index in [0.29, 0.717) is 11.7 Å². The molecule has 0 atom stereocenters. The Kier molecular flexibility index (Phi) is 3.36. The predicted octanol–water partition coefficient (Wildman–Crippen LogP) is 2.58. The maximum atomic E-state index is 4.71. The molecular weight excluding hydrogens is 334 g/mol. The molecular formula is C17H19N7S. The highest BCUT2D eigenvalue weighted by atomic mass is 32.1. The number of aromatic nitrogens is 6. The van der Waals surface area contributed by atoms with E-state index in [-0.39, 0.29) is 0 Å². The van der Waals surface area contributed by atoms with Gasteiger partial charge < -0.3 is 5.32 Å². The lowest BCUT2D eigenvalue weighted by molar-refractivity contribution is 0.464. The zero-order valence-corrected chi connectivity index (χ0v) is 15.0. The molecule has 1 fully saturated rings. The molecule has 128 valence electrons. The minimum absolute atomic E-state index is 0.629. The molecule has 0 unspecified atom stereocenters. The number of aryl methyl sites for hydroxylation is 2. The number of nitrogens with zero attached hydrogens (tertiary/aromatic N) is 6. The Morgan fingerprint density at radius 2 is 1.92 bits per heavy atom. The van der Waals surface area contributed by atoms with Gasteiger partial charge in [0.15, 0.2) is 5.65 Å². The normalized spacial score (nSPS) is 16.2. The molecule has 1 aliphatic rings.